The van der Waals surface area contributed by atoms with E-state index in [0.717, 1.165) is 6.54 Å². The zero-order valence-corrected chi connectivity index (χ0v) is 15.2. The molecule has 0 amide bonds. The van der Waals surface area contributed by atoms with E-state index in [9.17, 15) is 0 Å². The summed E-state index contributed by atoms with van der Waals surface area (Å²) in [6.07, 6.45) is 0. The highest BCUT2D eigenvalue weighted by atomic mass is 79.9. The average Bonchev–Trinajstić information content (AvgIpc) is 2.70. The summed E-state index contributed by atoms with van der Waals surface area (Å²) >= 11 is 9.06. The summed E-state index contributed by atoms with van der Waals surface area (Å²) in [5.41, 5.74) is 3.94. The normalized spacial score (nSPS) is 12.7. The second-order valence-corrected chi connectivity index (χ2v) is 7.81. The number of halogens is 2. The topological polar surface area (TPSA) is 12.0 Å². The van der Waals surface area contributed by atoms with Gasteiger partial charge in [-0.25, -0.2) is 0 Å². The molecule has 0 fully saturated rings. The maximum Gasteiger partial charge on any atom is 0.0731 e. The van der Waals surface area contributed by atoms with Gasteiger partial charge in [-0.1, -0.05) is 35.0 Å². The molecule has 19 heavy (non-hydrogen) atoms. The van der Waals surface area contributed by atoms with Crippen molar-refractivity contribution in [2.75, 3.05) is 6.54 Å². The number of rotatable bonds is 4. The number of hydrogen-bond acceptors (Lipinski definition) is 2. The number of benzene rings is 1. The standard InChI is InChI=1S/C15H17Br2NS/c1-4-18-14(13-8-9(2)15(17)19-13)11-6-5-7-12(16)10(11)3/h5-8,14,18H,4H2,1-3H3. The Balaban J connectivity index is 2.48. The molecule has 0 radical (unpaired) electrons. The first-order valence-electron chi connectivity index (χ1n) is 6.28. The molecule has 0 aliphatic carbocycles. The van der Waals surface area contributed by atoms with Crippen LogP contribution in [-0.4, -0.2) is 6.54 Å². The average molecular weight is 403 g/mol. The quantitative estimate of drug-likeness (QED) is 0.702. The molecule has 0 saturated heterocycles. The van der Waals surface area contributed by atoms with Gasteiger partial charge >= 0.3 is 0 Å². The van der Waals surface area contributed by atoms with Crippen molar-refractivity contribution in [2.24, 2.45) is 0 Å². The van der Waals surface area contributed by atoms with Gasteiger partial charge in [-0.3, -0.25) is 0 Å². The molecule has 1 aromatic heterocycles. The number of aryl methyl sites for hydroxylation is 1. The highest BCUT2D eigenvalue weighted by Gasteiger charge is 2.19. The maximum absolute atomic E-state index is 3.62. The summed E-state index contributed by atoms with van der Waals surface area (Å²) in [7, 11) is 0. The molecule has 2 aromatic rings. The second-order valence-electron chi connectivity index (χ2n) is 4.55. The van der Waals surface area contributed by atoms with Gasteiger partial charge in [-0.05, 0) is 65.1 Å². The van der Waals surface area contributed by atoms with E-state index < -0.39 is 0 Å². The smallest absolute Gasteiger partial charge is 0.0731 e. The van der Waals surface area contributed by atoms with Gasteiger partial charge in [0.15, 0.2) is 0 Å². The maximum atomic E-state index is 3.62. The molecule has 0 spiro atoms. The molecule has 1 nitrogen and oxygen atoms in total. The molecule has 1 aromatic carbocycles. The Kier molecular flexibility index (Phi) is 5.23. The van der Waals surface area contributed by atoms with Gasteiger partial charge in [-0.2, -0.15) is 0 Å². The zero-order chi connectivity index (χ0) is 14.0. The lowest BCUT2D eigenvalue weighted by Gasteiger charge is -2.20. The minimum absolute atomic E-state index is 0.262. The Bertz CT molecular complexity index is 558. The summed E-state index contributed by atoms with van der Waals surface area (Å²) in [6, 6.07) is 8.93. The molecular weight excluding hydrogens is 386 g/mol. The van der Waals surface area contributed by atoms with Crippen LogP contribution in [0.4, 0.5) is 0 Å². The van der Waals surface area contributed by atoms with E-state index >= 15 is 0 Å². The van der Waals surface area contributed by atoms with Gasteiger partial charge in [0.05, 0.1) is 9.83 Å². The van der Waals surface area contributed by atoms with E-state index in [0.29, 0.717) is 0 Å². The van der Waals surface area contributed by atoms with E-state index in [1.54, 1.807) is 0 Å². The predicted molar refractivity (Wildman–Crippen MR) is 91.2 cm³/mol. The monoisotopic (exact) mass is 401 g/mol. The minimum Gasteiger partial charge on any atom is -0.306 e. The molecule has 0 aliphatic heterocycles. The van der Waals surface area contributed by atoms with E-state index in [2.05, 4.69) is 82.2 Å². The summed E-state index contributed by atoms with van der Waals surface area (Å²) in [5, 5.41) is 3.59. The highest BCUT2D eigenvalue weighted by molar-refractivity contribution is 9.11. The molecule has 2 rings (SSSR count). The van der Waals surface area contributed by atoms with Gasteiger partial charge < -0.3 is 5.32 Å². The lowest BCUT2D eigenvalue weighted by molar-refractivity contribution is 0.636. The van der Waals surface area contributed by atoms with Crippen LogP contribution in [0.3, 0.4) is 0 Å². The number of hydrogen-bond donors (Lipinski definition) is 1. The van der Waals surface area contributed by atoms with Crippen molar-refractivity contribution in [3.05, 3.63) is 54.1 Å². The van der Waals surface area contributed by atoms with Crippen molar-refractivity contribution in [1.82, 2.24) is 5.32 Å². The van der Waals surface area contributed by atoms with E-state index in [1.807, 2.05) is 11.3 Å². The molecule has 1 atom stereocenters. The van der Waals surface area contributed by atoms with Crippen molar-refractivity contribution in [1.29, 1.82) is 0 Å². The lowest BCUT2D eigenvalue weighted by atomic mass is 9.99. The van der Waals surface area contributed by atoms with E-state index in [4.69, 9.17) is 0 Å². The number of thiophene rings is 1. The van der Waals surface area contributed by atoms with Crippen molar-refractivity contribution in [3.63, 3.8) is 0 Å². The van der Waals surface area contributed by atoms with E-state index in [-0.39, 0.29) is 6.04 Å². The third kappa shape index (κ3) is 3.30. The molecule has 4 heteroatoms. The molecular formula is C15H17Br2NS. The summed E-state index contributed by atoms with van der Waals surface area (Å²) in [5.74, 6) is 0. The van der Waals surface area contributed by atoms with Crippen LogP contribution in [0.2, 0.25) is 0 Å². The Labute approximate surface area is 135 Å². The molecule has 1 heterocycles. The first-order valence-corrected chi connectivity index (χ1v) is 8.69. The van der Waals surface area contributed by atoms with Crippen LogP contribution in [0.5, 0.6) is 0 Å². The van der Waals surface area contributed by atoms with Gasteiger partial charge in [0.25, 0.3) is 0 Å². The molecule has 1 unspecified atom stereocenters. The van der Waals surface area contributed by atoms with Gasteiger partial charge in [0, 0.05) is 9.35 Å². The first kappa shape index (κ1) is 15.2. The SMILES string of the molecule is CCNC(c1cc(C)c(Br)s1)c1cccc(Br)c1C. The largest absolute Gasteiger partial charge is 0.306 e. The highest BCUT2D eigenvalue weighted by Crippen LogP contribution is 2.36. The predicted octanol–water partition coefficient (Wildman–Crippen LogP) is 5.59. The Hall–Kier alpha value is -0.160. The van der Waals surface area contributed by atoms with Crippen LogP contribution in [0.1, 0.15) is 34.5 Å². The fraction of sp³-hybridized carbons (Fsp3) is 0.333. The first-order chi connectivity index (χ1) is 9.04. The lowest BCUT2D eigenvalue weighted by Crippen LogP contribution is -2.22. The van der Waals surface area contributed by atoms with Crippen molar-refractivity contribution >= 4 is 43.2 Å². The van der Waals surface area contributed by atoms with Gasteiger partial charge in [-0.15, -0.1) is 11.3 Å². The van der Waals surface area contributed by atoms with Gasteiger partial charge in [0.2, 0.25) is 0 Å². The van der Waals surface area contributed by atoms with Crippen molar-refractivity contribution in [2.45, 2.75) is 26.8 Å². The molecule has 0 saturated carbocycles. The van der Waals surface area contributed by atoms with E-state index in [1.165, 1.54) is 29.8 Å². The second kappa shape index (κ2) is 6.53. The summed E-state index contributed by atoms with van der Waals surface area (Å²) in [6.45, 7) is 7.40. The fourth-order valence-electron chi connectivity index (χ4n) is 2.13. The summed E-state index contributed by atoms with van der Waals surface area (Å²) < 4.78 is 2.39. The third-order valence-corrected chi connectivity index (χ3v) is 6.25. The van der Waals surface area contributed by atoms with Crippen LogP contribution >= 0.6 is 43.2 Å². The van der Waals surface area contributed by atoms with Crippen LogP contribution in [0.15, 0.2) is 32.5 Å². The Morgan fingerprint density at radius 2 is 2.00 bits per heavy atom. The minimum atomic E-state index is 0.262. The number of nitrogens with one attached hydrogen (secondary N) is 1. The molecule has 102 valence electrons. The van der Waals surface area contributed by atoms with Crippen LogP contribution in [0, 0.1) is 13.8 Å². The molecule has 0 bridgehead atoms. The molecule has 1 N–H and O–H groups in total. The van der Waals surface area contributed by atoms with Crippen molar-refractivity contribution < 1.29 is 0 Å². The Morgan fingerprint density at radius 3 is 2.58 bits per heavy atom. The zero-order valence-electron chi connectivity index (χ0n) is 11.3. The molecule has 0 aliphatic rings. The fourth-order valence-corrected chi connectivity index (χ4v) is 4.18. The van der Waals surface area contributed by atoms with Crippen LogP contribution in [0.25, 0.3) is 0 Å². The Morgan fingerprint density at radius 1 is 1.26 bits per heavy atom. The third-order valence-electron chi connectivity index (χ3n) is 3.19. The van der Waals surface area contributed by atoms with Gasteiger partial charge in [0.1, 0.15) is 0 Å². The van der Waals surface area contributed by atoms with Crippen LogP contribution in [-0.2, 0) is 0 Å². The van der Waals surface area contributed by atoms with Crippen LogP contribution < -0.4 is 5.32 Å². The summed E-state index contributed by atoms with van der Waals surface area (Å²) in [4.78, 5) is 1.35. The van der Waals surface area contributed by atoms with Crippen molar-refractivity contribution in [3.8, 4) is 0 Å².